The van der Waals surface area contributed by atoms with Gasteiger partial charge in [0.2, 0.25) is 0 Å². The quantitative estimate of drug-likeness (QED) is 0.620. The molecule has 4 N–H and O–H groups in total. The number of aromatic hydroxyl groups is 2. The number of carboxylic acid groups (broad SMARTS) is 1. The monoisotopic (exact) mass is 279 g/mol. The number of rotatable bonds is 5. The molecule has 0 amide bonds. The molecule has 5 nitrogen and oxygen atoms in total. The molecule has 1 saturated carbocycles. The van der Waals surface area contributed by atoms with E-state index in [-0.39, 0.29) is 17.4 Å². The highest BCUT2D eigenvalue weighted by Crippen LogP contribution is 2.28. The number of benzene rings is 1. The molecule has 2 rings (SSSR count). The number of carbonyl (C=O) groups is 1. The first-order valence-corrected chi connectivity index (χ1v) is 7.00. The van der Waals surface area contributed by atoms with Crippen molar-refractivity contribution in [3.63, 3.8) is 0 Å². The fourth-order valence-electron chi connectivity index (χ4n) is 2.71. The highest BCUT2D eigenvalue weighted by atomic mass is 16.4. The first-order valence-electron chi connectivity index (χ1n) is 7.00. The largest absolute Gasteiger partial charge is 0.504 e. The third-order valence-corrected chi connectivity index (χ3v) is 4.00. The van der Waals surface area contributed by atoms with Crippen LogP contribution >= 0.6 is 0 Å². The Bertz CT molecular complexity index is 467. The maximum Gasteiger partial charge on any atom is 0.306 e. The molecule has 20 heavy (non-hydrogen) atoms. The minimum Gasteiger partial charge on any atom is -0.504 e. The zero-order chi connectivity index (χ0) is 14.5. The van der Waals surface area contributed by atoms with Crippen molar-refractivity contribution in [1.82, 2.24) is 5.32 Å². The van der Waals surface area contributed by atoms with Crippen LogP contribution in [0.15, 0.2) is 18.2 Å². The van der Waals surface area contributed by atoms with Crippen LogP contribution in [0.25, 0.3) is 0 Å². The van der Waals surface area contributed by atoms with Gasteiger partial charge >= 0.3 is 5.97 Å². The van der Waals surface area contributed by atoms with Crippen LogP contribution in [-0.2, 0) is 11.3 Å². The van der Waals surface area contributed by atoms with E-state index >= 15 is 0 Å². The number of nitrogens with one attached hydrogen (secondary N) is 1. The fraction of sp³-hybridized carbons (Fsp3) is 0.533. The average Bonchev–Trinajstić information content (AvgIpc) is 2.43. The zero-order valence-corrected chi connectivity index (χ0v) is 11.4. The van der Waals surface area contributed by atoms with Gasteiger partial charge in [-0.1, -0.05) is 6.07 Å². The molecular weight excluding hydrogens is 258 g/mol. The second kappa shape index (κ2) is 6.61. The molecule has 1 fully saturated rings. The number of hydrogen-bond donors (Lipinski definition) is 4. The summed E-state index contributed by atoms with van der Waals surface area (Å²) in [5, 5.41) is 30.9. The normalized spacial score (nSPS) is 22.6. The average molecular weight is 279 g/mol. The van der Waals surface area contributed by atoms with E-state index in [0.717, 1.165) is 37.8 Å². The van der Waals surface area contributed by atoms with Gasteiger partial charge in [-0.25, -0.2) is 0 Å². The minimum atomic E-state index is -0.670. The number of phenols is 2. The third-order valence-electron chi connectivity index (χ3n) is 4.00. The Balaban J connectivity index is 1.71. The van der Waals surface area contributed by atoms with E-state index < -0.39 is 5.97 Å². The molecule has 0 heterocycles. The van der Waals surface area contributed by atoms with Crippen LogP contribution in [0.2, 0.25) is 0 Å². The lowest BCUT2D eigenvalue weighted by molar-refractivity contribution is -0.143. The van der Waals surface area contributed by atoms with Gasteiger partial charge in [0, 0.05) is 6.54 Å². The van der Waals surface area contributed by atoms with Crippen LogP contribution in [0, 0.1) is 11.8 Å². The Hall–Kier alpha value is -1.75. The topological polar surface area (TPSA) is 89.8 Å². The minimum absolute atomic E-state index is 0.105. The van der Waals surface area contributed by atoms with Gasteiger partial charge in [-0.05, 0) is 55.8 Å². The molecule has 0 atom stereocenters. The molecule has 5 heteroatoms. The SMILES string of the molecule is O=C(O)[C@H]1CC[C@H](CNCc2ccc(O)c(O)c2)CC1. The van der Waals surface area contributed by atoms with Crippen LogP contribution in [0.4, 0.5) is 0 Å². The Morgan fingerprint density at radius 3 is 2.45 bits per heavy atom. The van der Waals surface area contributed by atoms with Crippen molar-refractivity contribution in [3.8, 4) is 11.5 Å². The summed E-state index contributed by atoms with van der Waals surface area (Å²) in [7, 11) is 0. The van der Waals surface area contributed by atoms with Crippen molar-refractivity contribution in [2.75, 3.05) is 6.54 Å². The van der Waals surface area contributed by atoms with Gasteiger partial charge in [0.15, 0.2) is 11.5 Å². The number of aliphatic carboxylic acids is 1. The standard InChI is InChI=1S/C15H21NO4/c17-13-6-3-11(7-14(13)18)9-16-8-10-1-4-12(5-2-10)15(19)20/h3,6-7,10,12,16-18H,1-2,4-5,8-9H2,(H,19,20)/t10-,12-. The summed E-state index contributed by atoms with van der Waals surface area (Å²) in [6.07, 6.45) is 3.43. The Kier molecular flexibility index (Phi) is 4.84. The van der Waals surface area contributed by atoms with Gasteiger partial charge in [0.05, 0.1) is 5.92 Å². The van der Waals surface area contributed by atoms with E-state index in [2.05, 4.69) is 5.32 Å². The lowest BCUT2D eigenvalue weighted by Crippen LogP contribution is -2.28. The number of phenolic OH excluding ortho intramolecular Hbond substituents is 2. The van der Waals surface area contributed by atoms with Gasteiger partial charge in [-0.3, -0.25) is 4.79 Å². The van der Waals surface area contributed by atoms with Crippen LogP contribution in [0.1, 0.15) is 31.2 Å². The molecule has 1 aliphatic carbocycles. The van der Waals surface area contributed by atoms with E-state index in [4.69, 9.17) is 5.11 Å². The van der Waals surface area contributed by atoms with Gasteiger partial charge < -0.3 is 20.6 Å². The molecule has 1 aromatic carbocycles. The molecule has 0 unspecified atom stereocenters. The summed E-state index contributed by atoms with van der Waals surface area (Å²) >= 11 is 0. The highest BCUT2D eigenvalue weighted by Gasteiger charge is 2.25. The Labute approximate surface area is 118 Å². The molecule has 0 saturated heterocycles. The van der Waals surface area contributed by atoms with Crippen molar-refractivity contribution < 1.29 is 20.1 Å². The van der Waals surface area contributed by atoms with Crippen LogP contribution in [0.3, 0.4) is 0 Å². The summed E-state index contributed by atoms with van der Waals surface area (Å²) in [6.45, 7) is 1.49. The predicted octanol–water partition coefficient (Wildman–Crippen LogP) is 2.08. The molecule has 0 radical (unpaired) electrons. The first kappa shape index (κ1) is 14.7. The molecular formula is C15H21NO4. The van der Waals surface area contributed by atoms with E-state index in [0.29, 0.717) is 12.5 Å². The fourth-order valence-corrected chi connectivity index (χ4v) is 2.71. The zero-order valence-electron chi connectivity index (χ0n) is 11.4. The van der Waals surface area contributed by atoms with Gasteiger partial charge in [0.1, 0.15) is 0 Å². The molecule has 110 valence electrons. The molecule has 1 aromatic rings. The van der Waals surface area contributed by atoms with Crippen molar-refractivity contribution in [2.24, 2.45) is 11.8 Å². The summed E-state index contributed by atoms with van der Waals surface area (Å²) in [5.74, 6) is -0.528. The maximum atomic E-state index is 10.9. The molecule has 0 bridgehead atoms. The molecule has 1 aliphatic rings. The van der Waals surface area contributed by atoms with Crippen molar-refractivity contribution in [2.45, 2.75) is 32.2 Å². The van der Waals surface area contributed by atoms with Crippen LogP contribution < -0.4 is 5.32 Å². The van der Waals surface area contributed by atoms with E-state index in [1.807, 2.05) is 0 Å². The summed E-state index contributed by atoms with van der Waals surface area (Å²) < 4.78 is 0. The Morgan fingerprint density at radius 1 is 1.15 bits per heavy atom. The second-order valence-corrected chi connectivity index (χ2v) is 5.51. The summed E-state index contributed by atoms with van der Waals surface area (Å²) in [4.78, 5) is 10.9. The highest BCUT2D eigenvalue weighted by molar-refractivity contribution is 5.69. The molecule has 0 aliphatic heterocycles. The second-order valence-electron chi connectivity index (χ2n) is 5.51. The van der Waals surface area contributed by atoms with Crippen molar-refractivity contribution in [3.05, 3.63) is 23.8 Å². The van der Waals surface area contributed by atoms with Crippen molar-refractivity contribution >= 4 is 5.97 Å². The van der Waals surface area contributed by atoms with E-state index in [9.17, 15) is 15.0 Å². The van der Waals surface area contributed by atoms with Gasteiger partial charge in [0.25, 0.3) is 0 Å². The Morgan fingerprint density at radius 2 is 1.85 bits per heavy atom. The van der Waals surface area contributed by atoms with Gasteiger partial charge in [-0.2, -0.15) is 0 Å². The number of hydrogen-bond acceptors (Lipinski definition) is 4. The third kappa shape index (κ3) is 3.87. The van der Waals surface area contributed by atoms with Crippen LogP contribution in [0.5, 0.6) is 11.5 Å². The first-order chi connectivity index (χ1) is 9.56. The summed E-state index contributed by atoms with van der Waals surface area (Å²) in [5.41, 5.74) is 0.916. The van der Waals surface area contributed by atoms with Gasteiger partial charge in [-0.15, -0.1) is 0 Å². The van der Waals surface area contributed by atoms with E-state index in [1.165, 1.54) is 6.07 Å². The summed E-state index contributed by atoms with van der Waals surface area (Å²) in [6, 6.07) is 4.79. The number of carboxylic acids is 1. The maximum absolute atomic E-state index is 10.9. The lowest BCUT2D eigenvalue weighted by Gasteiger charge is -2.26. The van der Waals surface area contributed by atoms with Crippen LogP contribution in [-0.4, -0.2) is 27.8 Å². The predicted molar refractivity (Wildman–Crippen MR) is 74.6 cm³/mol. The van der Waals surface area contributed by atoms with E-state index in [1.54, 1.807) is 12.1 Å². The molecule has 0 spiro atoms. The van der Waals surface area contributed by atoms with Crippen molar-refractivity contribution in [1.29, 1.82) is 0 Å². The smallest absolute Gasteiger partial charge is 0.306 e. The lowest BCUT2D eigenvalue weighted by atomic mass is 9.82. The molecule has 0 aromatic heterocycles.